The summed E-state index contributed by atoms with van der Waals surface area (Å²) >= 11 is 3.47. The number of hydrogen-bond acceptors (Lipinski definition) is 3. The maximum absolute atomic E-state index is 6.09. The summed E-state index contributed by atoms with van der Waals surface area (Å²) in [7, 11) is 1.70. The van der Waals surface area contributed by atoms with Gasteiger partial charge >= 0.3 is 0 Å². The van der Waals surface area contributed by atoms with Gasteiger partial charge in [0.15, 0.2) is 5.65 Å². The fourth-order valence-corrected chi connectivity index (χ4v) is 2.14. The number of ether oxygens (including phenoxy) is 1. The smallest absolute Gasteiger partial charge is 0.153 e. The number of nitrogens with two attached hydrogens (primary N) is 1. The highest BCUT2D eigenvalue weighted by molar-refractivity contribution is 9.10. The second-order valence-corrected chi connectivity index (χ2v) is 5.49. The first-order chi connectivity index (χ1) is 7.94. The molecule has 5 heteroatoms. The van der Waals surface area contributed by atoms with Gasteiger partial charge in [-0.15, -0.1) is 0 Å². The van der Waals surface area contributed by atoms with Crippen molar-refractivity contribution in [2.45, 2.75) is 25.9 Å². The number of anilines is 1. The molecule has 0 aliphatic carbocycles. The average Bonchev–Trinajstić information content (AvgIpc) is 2.58. The maximum Gasteiger partial charge on any atom is 0.153 e. The summed E-state index contributed by atoms with van der Waals surface area (Å²) in [5, 5.41) is 0. The number of nitrogen functional groups attached to an aromatic ring is 1. The molecule has 0 fully saturated rings. The number of methoxy groups -OCH3 is 1. The van der Waals surface area contributed by atoms with Crippen molar-refractivity contribution >= 4 is 27.4 Å². The van der Waals surface area contributed by atoms with Crippen molar-refractivity contribution in [3.8, 4) is 0 Å². The molecule has 4 nitrogen and oxygen atoms in total. The quantitative estimate of drug-likeness (QED) is 0.947. The van der Waals surface area contributed by atoms with Crippen molar-refractivity contribution in [1.82, 2.24) is 9.38 Å². The van der Waals surface area contributed by atoms with Crippen LogP contribution in [0.25, 0.3) is 5.65 Å². The zero-order chi connectivity index (χ0) is 12.6. The third-order valence-electron chi connectivity index (χ3n) is 2.86. The van der Waals surface area contributed by atoms with Crippen LogP contribution in [-0.2, 0) is 11.2 Å². The third kappa shape index (κ3) is 2.30. The number of fused-ring (bicyclic) bond motifs is 1. The Balaban J connectivity index is 2.49. The Hall–Kier alpha value is -1.07. The molecule has 92 valence electrons. The largest absolute Gasteiger partial charge is 0.383 e. The Kier molecular flexibility index (Phi) is 3.14. The molecule has 0 aromatic carbocycles. The number of nitrogens with zero attached hydrogens (tertiary/aromatic N) is 2. The van der Waals surface area contributed by atoms with E-state index in [0.29, 0.717) is 12.2 Å². The van der Waals surface area contributed by atoms with E-state index in [1.165, 1.54) is 0 Å². The van der Waals surface area contributed by atoms with E-state index in [4.69, 9.17) is 10.5 Å². The van der Waals surface area contributed by atoms with E-state index in [9.17, 15) is 0 Å². The minimum atomic E-state index is -0.265. The van der Waals surface area contributed by atoms with Gasteiger partial charge in [0, 0.05) is 19.7 Å². The maximum atomic E-state index is 6.09. The highest BCUT2D eigenvalue weighted by Gasteiger charge is 2.22. The second-order valence-electron chi connectivity index (χ2n) is 4.63. The molecule has 0 bridgehead atoms. The molecular weight excluding hydrogens is 282 g/mol. The minimum Gasteiger partial charge on any atom is -0.383 e. The molecule has 0 aliphatic rings. The SMILES string of the molecule is COC(C)(C)Cc1nc2c(Br)cccn2c1N. The van der Waals surface area contributed by atoms with Gasteiger partial charge in [-0.1, -0.05) is 0 Å². The van der Waals surface area contributed by atoms with Crippen LogP contribution in [0.2, 0.25) is 0 Å². The van der Waals surface area contributed by atoms with E-state index < -0.39 is 0 Å². The van der Waals surface area contributed by atoms with Crippen LogP contribution in [0.15, 0.2) is 22.8 Å². The van der Waals surface area contributed by atoms with Gasteiger partial charge in [-0.3, -0.25) is 4.40 Å². The first-order valence-corrected chi connectivity index (χ1v) is 6.20. The molecule has 0 unspecified atom stereocenters. The fourth-order valence-electron chi connectivity index (χ4n) is 1.71. The Bertz CT molecular complexity index is 548. The number of pyridine rings is 1. The monoisotopic (exact) mass is 297 g/mol. The lowest BCUT2D eigenvalue weighted by atomic mass is 10.0. The number of aromatic nitrogens is 2. The lowest BCUT2D eigenvalue weighted by Gasteiger charge is -2.21. The molecule has 0 aliphatic heterocycles. The van der Waals surface area contributed by atoms with Gasteiger partial charge in [0.25, 0.3) is 0 Å². The van der Waals surface area contributed by atoms with Crippen LogP contribution in [-0.4, -0.2) is 22.1 Å². The van der Waals surface area contributed by atoms with Gasteiger partial charge in [-0.25, -0.2) is 4.98 Å². The average molecular weight is 298 g/mol. The van der Waals surface area contributed by atoms with Crippen LogP contribution in [0.4, 0.5) is 5.82 Å². The number of imidazole rings is 1. The fraction of sp³-hybridized carbons (Fsp3) is 0.417. The van der Waals surface area contributed by atoms with E-state index in [1.54, 1.807) is 7.11 Å². The molecule has 2 aromatic rings. The van der Waals surface area contributed by atoms with Gasteiger partial charge in [-0.2, -0.15) is 0 Å². The van der Waals surface area contributed by atoms with E-state index in [1.807, 2.05) is 36.6 Å². The van der Waals surface area contributed by atoms with Crippen molar-refractivity contribution in [3.05, 3.63) is 28.5 Å². The molecule has 17 heavy (non-hydrogen) atoms. The first-order valence-electron chi connectivity index (χ1n) is 5.41. The van der Waals surface area contributed by atoms with Crippen molar-refractivity contribution in [3.63, 3.8) is 0 Å². The summed E-state index contributed by atoms with van der Waals surface area (Å²) in [6, 6.07) is 3.88. The van der Waals surface area contributed by atoms with Crippen LogP contribution in [0.1, 0.15) is 19.5 Å². The number of hydrogen-bond donors (Lipinski definition) is 1. The van der Waals surface area contributed by atoms with Crippen molar-refractivity contribution in [1.29, 1.82) is 0 Å². The minimum absolute atomic E-state index is 0.265. The first kappa shape index (κ1) is 12.4. The molecule has 2 heterocycles. The van der Waals surface area contributed by atoms with Gasteiger partial charge in [0.2, 0.25) is 0 Å². The molecule has 0 saturated carbocycles. The van der Waals surface area contributed by atoms with Crippen molar-refractivity contribution in [2.75, 3.05) is 12.8 Å². The highest BCUT2D eigenvalue weighted by Crippen LogP contribution is 2.25. The summed E-state index contributed by atoms with van der Waals surface area (Å²) < 4.78 is 8.22. The summed E-state index contributed by atoms with van der Waals surface area (Å²) in [4.78, 5) is 4.56. The van der Waals surface area contributed by atoms with Crippen molar-refractivity contribution in [2.24, 2.45) is 0 Å². The van der Waals surface area contributed by atoms with Gasteiger partial charge in [0.1, 0.15) is 5.82 Å². The van der Waals surface area contributed by atoms with E-state index in [0.717, 1.165) is 15.8 Å². The normalized spacial score (nSPS) is 12.2. The summed E-state index contributed by atoms with van der Waals surface area (Å²) in [6.45, 7) is 4.04. The predicted octanol–water partition coefficient (Wildman–Crippen LogP) is 2.65. The molecule has 2 N–H and O–H groups in total. The van der Waals surface area contributed by atoms with Gasteiger partial charge in [0.05, 0.1) is 15.8 Å². The molecule has 0 spiro atoms. The lowest BCUT2D eigenvalue weighted by Crippen LogP contribution is -2.26. The molecular formula is C12H16BrN3O. The van der Waals surface area contributed by atoms with Gasteiger partial charge in [-0.05, 0) is 41.9 Å². The van der Waals surface area contributed by atoms with Crippen LogP contribution < -0.4 is 5.73 Å². The zero-order valence-corrected chi connectivity index (χ0v) is 11.8. The Morgan fingerprint density at radius 2 is 2.24 bits per heavy atom. The molecule has 0 atom stereocenters. The highest BCUT2D eigenvalue weighted by atomic mass is 79.9. The molecule has 2 aromatic heterocycles. The predicted molar refractivity (Wildman–Crippen MR) is 72.1 cm³/mol. The third-order valence-corrected chi connectivity index (χ3v) is 3.48. The van der Waals surface area contributed by atoms with Gasteiger partial charge < -0.3 is 10.5 Å². The summed E-state index contributed by atoms with van der Waals surface area (Å²) in [5.74, 6) is 0.673. The Morgan fingerprint density at radius 3 is 2.82 bits per heavy atom. The molecule has 0 saturated heterocycles. The summed E-state index contributed by atoms with van der Waals surface area (Å²) in [6.07, 6.45) is 2.59. The van der Waals surface area contributed by atoms with E-state index in [-0.39, 0.29) is 5.60 Å². The lowest BCUT2D eigenvalue weighted by molar-refractivity contribution is 0.0226. The number of halogens is 1. The Labute approximate surface area is 109 Å². The zero-order valence-electron chi connectivity index (χ0n) is 10.2. The van der Waals surface area contributed by atoms with Crippen LogP contribution in [0.3, 0.4) is 0 Å². The van der Waals surface area contributed by atoms with E-state index in [2.05, 4.69) is 20.9 Å². The van der Waals surface area contributed by atoms with Crippen LogP contribution in [0, 0.1) is 0 Å². The molecule has 0 radical (unpaired) electrons. The van der Waals surface area contributed by atoms with Crippen LogP contribution >= 0.6 is 15.9 Å². The van der Waals surface area contributed by atoms with Crippen LogP contribution in [0.5, 0.6) is 0 Å². The molecule has 0 amide bonds. The van der Waals surface area contributed by atoms with Crippen molar-refractivity contribution < 1.29 is 4.74 Å². The van der Waals surface area contributed by atoms with E-state index >= 15 is 0 Å². The second kappa shape index (κ2) is 4.31. The number of rotatable bonds is 3. The summed E-state index contributed by atoms with van der Waals surface area (Å²) in [5.41, 5.74) is 7.53. The molecule has 2 rings (SSSR count). The Morgan fingerprint density at radius 1 is 1.53 bits per heavy atom. The standard InChI is InChI=1S/C12H16BrN3O/c1-12(2,17-3)7-9-10(14)16-6-4-5-8(13)11(16)15-9/h4-6H,7,14H2,1-3H3. The topological polar surface area (TPSA) is 52.5 Å².